The van der Waals surface area contributed by atoms with E-state index in [1.807, 2.05) is 12.3 Å². The van der Waals surface area contributed by atoms with E-state index in [4.69, 9.17) is 4.98 Å². The van der Waals surface area contributed by atoms with E-state index in [0.717, 1.165) is 22.0 Å². The molecule has 0 aliphatic heterocycles. The SMILES string of the molecule is CC(C)c1cccc2cc(-c3cc(C(C)C)c4nnccc4c3)cnc12. The summed E-state index contributed by atoms with van der Waals surface area (Å²) >= 11 is 0. The Bertz CT molecular complexity index is 1100. The molecule has 0 bridgehead atoms. The van der Waals surface area contributed by atoms with Crippen molar-refractivity contribution in [2.75, 3.05) is 0 Å². The van der Waals surface area contributed by atoms with E-state index in [1.165, 1.54) is 22.1 Å². The van der Waals surface area contributed by atoms with Gasteiger partial charge in [0.15, 0.2) is 0 Å². The first-order chi connectivity index (χ1) is 12.5. The van der Waals surface area contributed by atoms with Gasteiger partial charge in [-0.3, -0.25) is 4.98 Å². The molecule has 4 rings (SSSR count). The van der Waals surface area contributed by atoms with Gasteiger partial charge in [-0.2, -0.15) is 10.2 Å². The first kappa shape index (κ1) is 16.6. The highest BCUT2D eigenvalue weighted by Gasteiger charge is 2.12. The maximum absolute atomic E-state index is 4.81. The molecule has 130 valence electrons. The summed E-state index contributed by atoms with van der Waals surface area (Å²) in [6.07, 6.45) is 3.75. The predicted octanol–water partition coefficient (Wildman–Crippen LogP) is 6.09. The van der Waals surface area contributed by atoms with E-state index in [2.05, 4.69) is 74.3 Å². The fourth-order valence-electron chi connectivity index (χ4n) is 3.54. The van der Waals surface area contributed by atoms with E-state index in [9.17, 15) is 0 Å². The standard InChI is InChI=1S/C23H23N3/c1-14(2)20-7-5-6-16-11-19(13-24-22(16)20)18-10-17-8-9-25-26-23(17)21(12-18)15(3)4/h5-15H,1-4H3. The van der Waals surface area contributed by atoms with Crippen LogP contribution in [-0.2, 0) is 0 Å². The van der Waals surface area contributed by atoms with Crippen LogP contribution in [0.25, 0.3) is 32.9 Å². The van der Waals surface area contributed by atoms with Gasteiger partial charge in [-0.1, -0.05) is 45.9 Å². The molecule has 2 aromatic heterocycles. The number of aromatic nitrogens is 3. The Kier molecular flexibility index (Phi) is 4.15. The molecule has 0 aliphatic rings. The molecular weight excluding hydrogens is 318 g/mol. The van der Waals surface area contributed by atoms with Crippen molar-refractivity contribution in [3.63, 3.8) is 0 Å². The molecule has 0 unspecified atom stereocenters. The summed E-state index contributed by atoms with van der Waals surface area (Å²) in [6.45, 7) is 8.81. The number of para-hydroxylation sites is 1. The average Bonchev–Trinajstić information content (AvgIpc) is 2.65. The van der Waals surface area contributed by atoms with E-state index in [-0.39, 0.29) is 0 Å². The first-order valence-corrected chi connectivity index (χ1v) is 9.19. The van der Waals surface area contributed by atoms with Gasteiger partial charge < -0.3 is 0 Å². The van der Waals surface area contributed by atoms with E-state index < -0.39 is 0 Å². The molecule has 0 saturated carbocycles. The van der Waals surface area contributed by atoms with Gasteiger partial charge in [0.05, 0.1) is 17.2 Å². The van der Waals surface area contributed by atoms with Crippen molar-refractivity contribution in [2.24, 2.45) is 0 Å². The van der Waals surface area contributed by atoms with Crippen LogP contribution in [0.5, 0.6) is 0 Å². The molecule has 0 fully saturated rings. The smallest absolute Gasteiger partial charge is 0.0964 e. The lowest BCUT2D eigenvalue weighted by Crippen LogP contribution is -1.96. The van der Waals surface area contributed by atoms with Crippen LogP contribution in [0, 0.1) is 0 Å². The molecular formula is C23H23N3. The lowest BCUT2D eigenvalue weighted by molar-refractivity contribution is 0.868. The highest BCUT2D eigenvalue weighted by Crippen LogP contribution is 2.32. The normalized spacial score (nSPS) is 11.8. The van der Waals surface area contributed by atoms with Crippen molar-refractivity contribution in [2.45, 2.75) is 39.5 Å². The molecule has 0 radical (unpaired) electrons. The number of fused-ring (bicyclic) bond motifs is 2. The molecule has 3 nitrogen and oxygen atoms in total. The van der Waals surface area contributed by atoms with Gasteiger partial charge in [0, 0.05) is 22.5 Å². The number of pyridine rings is 1. The molecule has 3 heteroatoms. The molecule has 0 N–H and O–H groups in total. The second-order valence-corrected chi connectivity index (χ2v) is 7.49. The van der Waals surface area contributed by atoms with Crippen molar-refractivity contribution in [1.82, 2.24) is 15.2 Å². The molecule has 2 aromatic carbocycles. The summed E-state index contributed by atoms with van der Waals surface area (Å²) in [5, 5.41) is 10.7. The van der Waals surface area contributed by atoms with Gasteiger partial charge >= 0.3 is 0 Å². The van der Waals surface area contributed by atoms with Gasteiger partial charge in [-0.15, -0.1) is 0 Å². The molecule has 0 aliphatic carbocycles. The third-order valence-electron chi connectivity index (χ3n) is 4.97. The quantitative estimate of drug-likeness (QED) is 0.452. The summed E-state index contributed by atoms with van der Waals surface area (Å²) in [4.78, 5) is 4.81. The number of rotatable bonds is 3. The van der Waals surface area contributed by atoms with Crippen molar-refractivity contribution in [3.8, 4) is 11.1 Å². The minimum absolute atomic E-state index is 0.384. The number of hydrogen-bond acceptors (Lipinski definition) is 3. The monoisotopic (exact) mass is 341 g/mol. The van der Waals surface area contributed by atoms with E-state index in [1.54, 1.807) is 6.20 Å². The topological polar surface area (TPSA) is 38.7 Å². The molecule has 0 saturated heterocycles. The lowest BCUT2D eigenvalue weighted by Gasteiger charge is -2.13. The summed E-state index contributed by atoms with van der Waals surface area (Å²) in [7, 11) is 0. The van der Waals surface area contributed by atoms with Crippen LogP contribution in [0.3, 0.4) is 0 Å². The van der Waals surface area contributed by atoms with Crippen molar-refractivity contribution in [1.29, 1.82) is 0 Å². The Labute approximate surface area is 154 Å². The number of benzene rings is 2. The van der Waals surface area contributed by atoms with Crippen LogP contribution in [0.1, 0.15) is 50.7 Å². The van der Waals surface area contributed by atoms with Gasteiger partial charge in [-0.05, 0) is 52.8 Å². The molecule has 4 aromatic rings. The molecule has 0 amide bonds. The Balaban J connectivity index is 1.92. The fourth-order valence-corrected chi connectivity index (χ4v) is 3.54. The molecule has 26 heavy (non-hydrogen) atoms. The van der Waals surface area contributed by atoms with Crippen LogP contribution in [0.4, 0.5) is 0 Å². The second kappa shape index (κ2) is 6.49. The Morgan fingerprint density at radius 1 is 0.731 bits per heavy atom. The Hall–Kier alpha value is -2.81. The van der Waals surface area contributed by atoms with Crippen LogP contribution >= 0.6 is 0 Å². The molecule has 0 spiro atoms. The van der Waals surface area contributed by atoms with Crippen molar-refractivity contribution in [3.05, 3.63) is 66.0 Å². The van der Waals surface area contributed by atoms with Crippen molar-refractivity contribution < 1.29 is 0 Å². The summed E-state index contributed by atoms with van der Waals surface area (Å²) in [5.74, 6) is 0.846. The third kappa shape index (κ3) is 2.84. The summed E-state index contributed by atoms with van der Waals surface area (Å²) in [6, 6.07) is 15.1. The maximum Gasteiger partial charge on any atom is 0.0964 e. The Morgan fingerprint density at radius 3 is 2.23 bits per heavy atom. The predicted molar refractivity (Wildman–Crippen MR) is 108 cm³/mol. The zero-order chi connectivity index (χ0) is 18.3. The third-order valence-corrected chi connectivity index (χ3v) is 4.97. The van der Waals surface area contributed by atoms with Gasteiger partial charge in [-0.25, -0.2) is 0 Å². The van der Waals surface area contributed by atoms with Crippen molar-refractivity contribution >= 4 is 21.8 Å². The number of hydrogen-bond donors (Lipinski definition) is 0. The first-order valence-electron chi connectivity index (χ1n) is 9.19. The molecule has 2 heterocycles. The second-order valence-electron chi connectivity index (χ2n) is 7.49. The van der Waals surface area contributed by atoms with Crippen LogP contribution < -0.4 is 0 Å². The average molecular weight is 341 g/mol. The summed E-state index contributed by atoms with van der Waals surface area (Å²) in [5.41, 5.74) is 6.92. The summed E-state index contributed by atoms with van der Waals surface area (Å²) < 4.78 is 0. The van der Waals surface area contributed by atoms with Gasteiger partial charge in [0.25, 0.3) is 0 Å². The lowest BCUT2D eigenvalue weighted by atomic mass is 9.93. The molecule has 0 atom stereocenters. The largest absolute Gasteiger partial charge is 0.255 e. The fraction of sp³-hybridized carbons (Fsp3) is 0.261. The van der Waals surface area contributed by atoms with Crippen LogP contribution in [0.2, 0.25) is 0 Å². The van der Waals surface area contributed by atoms with Gasteiger partial charge in [0.2, 0.25) is 0 Å². The zero-order valence-electron chi connectivity index (χ0n) is 15.7. The van der Waals surface area contributed by atoms with E-state index in [0.29, 0.717) is 11.8 Å². The zero-order valence-corrected chi connectivity index (χ0v) is 15.7. The van der Waals surface area contributed by atoms with E-state index >= 15 is 0 Å². The van der Waals surface area contributed by atoms with Crippen LogP contribution in [-0.4, -0.2) is 15.2 Å². The minimum atomic E-state index is 0.384. The minimum Gasteiger partial charge on any atom is -0.255 e. The highest BCUT2D eigenvalue weighted by molar-refractivity contribution is 5.90. The number of nitrogens with zero attached hydrogens (tertiary/aromatic N) is 3. The maximum atomic E-state index is 4.81. The van der Waals surface area contributed by atoms with Gasteiger partial charge in [0.1, 0.15) is 0 Å². The van der Waals surface area contributed by atoms with Crippen LogP contribution in [0.15, 0.2) is 54.9 Å². The Morgan fingerprint density at radius 2 is 1.46 bits per heavy atom. The highest BCUT2D eigenvalue weighted by atomic mass is 15.1.